The molecule has 0 amide bonds. The van der Waals surface area contributed by atoms with Gasteiger partial charge in [-0.3, -0.25) is 4.90 Å². The second kappa shape index (κ2) is 7.29. The number of nitrogens with zero attached hydrogens (tertiary/aromatic N) is 5. The van der Waals surface area contributed by atoms with Gasteiger partial charge in [0.25, 0.3) is 0 Å². The molecule has 2 fully saturated rings. The highest BCUT2D eigenvalue weighted by atomic mass is 32.1. The highest BCUT2D eigenvalue weighted by molar-refractivity contribution is 7.10. The molecule has 6 nitrogen and oxygen atoms in total. The fourth-order valence-corrected chi connectivity index (χ4v) is 4.66. The zero-order chi connectivity index (χ0) is 16.4. The Labute approximate surface area is 146 Å². The summed E-state index contributed by atoms with van der Waals surface area (Å²) in [6.07, 6.45) is 6.49. The van der Waals surface area contributed by atoms with E-state index in [9.17, 15) is 0 Å². The summed E-state index contributed by atoms with van der Waals surface area (Å²) in [6, 6.07) is 4.94. The van der Waals surface area contributed by atoms with Crippen molar-refractivity contribution in [2.45, 2.75) is 57.2 Å². The van der Waals surface area contributed by atoms with Crippen molar-refractivity contribution < 1.29 is 4.74 Å². The number of hydrogen-bond donors (Lipinski definition) is 0. The number of rotatable bonds is 4. The van der Waals surface area contributed by atoms with E-state index in [4.69, 9.17) is 4.74 Å². The van der Waals surface area contributed by atoms with Crippen LogP contribution in [0.25, 0.3) is 0 Å². The number of morpholine rings is 1. The third-order valence-electron chi connectivity index (χ3n) is 5.32. The maximum atomic E-state index is 5.98. The molecule has 4 rings (SSSR count). The van der Waals surface area contributed by atoms with Gasteiger partial charge in [-0.15, -0.1) is 16.4 Å². The lowest BCUT2D eigenvalue weighted by Gasteiger charge is -2.36. The van der Waals surface area contributed by atoms with Crippen LogP contribution < -0.4 is 0 Å². The van der Waals surface area contributed by atoms with Crippen LogP contribution in [0.15, 0.2) is 17.5 Å². The fourth-order valence-electron chi connectivity index (χ4n) is 3.89. The lowest BCUT2D eigenvalue weighted by atomic mass is 9.95. The van der Waals surface area contributed by atoms with Crippen molar-refractivity contribution in [2.24, 2.45) is 0 Å². The second-order valence-corrected chi connectivity index (χ2v) is 7.80. The minimum Gasteiger partial charge on any atom is -0.370 e. The third kappa shape index (κ3) is 3.25. The maximum absolute atomic E-state index is 5.98. The first-order valence-corrected chi connectivity index (χ1v) is 9.87. The summed E-state index contributed by atoms with van der Waals surface area (Å²) >= 11 is 1.77. The minimum atomic E-state index is 0.167. The normalized spacial score (nSPS) is 25.0. The molecule has 2 unspecified atom stereocenters. The van der Waals surface area contributed by atoms with Gasteiger partial charge in [-0.1, -0.05) is 25.3 Å². The Morgan fingerprint density at radius 2 is 2.17 bits per heavy atom. The predicted molar refractivity (Wildman–Crippen MR) is 92.9 cm³/mol. The molecule has 2 atom stereocenters. The molecule has 24 heavy (non-hydrogen) atoms. The first-order valence-electron chi connectivity index (χ1n) is 9.00. The fraction of sp³-hybridized carbons (Fsp3) is 0.706. The molecule has 0 bridgehead atoms. The predicted octanol–water partition coefficient (Wildman–Crippen LogP) is 3.37. The third-order valence-corrected chi connectivity index (χ3v) is 6.28. The summed E-state index contributed by atoms with van der Waals surface area (Å²) in [5.74, 6) is 1.01. The molecule has 0 radical (unpaired) electrons. The van der Waals surface area contributed by atoms with Crippen LogP contribution in [0.3, 0.4) is 0 Å². The van der Waals surface area contributed by atoms with Crippen LogP contribution in [0.1, 0.15) is 67.9 Å². The Morgan fingerprint density at radius 3 is 2.96 bits per heavy atom. The summed E-state index contributed by atoms with van der Waals surface area (Å²) in [7, 11) is 0. The van der Waals surface area contributed by atoms with Gasteiger partial charge in [0.2, 0.25) is 0 Å². The Hall–Kier alpha value is -1.31. The molecule has 2 aromatic rings. The van der Waals surface area contributed by atoms with Gasteiger partial charge < -0.3 is 4.74 Å². The zero-order valence-electron chi connectivity index (χ0n) is 14.2. The van der Waals surface area contributed by atoms with Gasteiger partial charge in [-0.2, -0.15) is 0 Å². The van der Waals surface area contributed by atoms with E-state index in [-0.39, 0.29) is 12.1 Å². The molecule has 7 heteroatoms. The van der Waals surface area contributed by atoms with Gasteiger partial charge in [0.05, 0.1) is 18.7 Å². The molecule has 1 aliphatic heterocycles. The van der Waals surface area contributed by atoms with Crippen molar-refractivity contribution in [3.05, 3.63) is 28.2 Å². The Kier molecular flexibility index (Phi) is 4.91. The van der Waals surface area contributed by atoms with Crippen molar-refractivity contribution in [3.63, 3.8) is 0 Å². The van der Waals surface area contributed by atoms with Gasteiger partial charge in [0, 0.05) is 18.0 Å². The van der Waals surface area contributed by atoms with Gasteiger partial charge in [-0.05, 0) is 41.6 Å². The zero-order valence-corrected chi connectivity index (χ0v) is 15.0. The van der Waals surface area contributed by atoms with Crippen LogP contribution in [0.4, 0.5) is 0 Å². The molecular weight excluding hydrogens is 322 g/mol. The smallest absolute Gasteiger partial charge is 0.168 e. The maximum Gasteiger partial charge on any atom is 0.168 e. The molecule has 2 aromatic heterocycles. The van der Waals surface area contributed by atoms with E-state index in [1.54, 1.807) is 11.3 Å². The van der Waals surface area contributed by atoms with E-state index in [2.05, 4.69) is 49.5 Å². The van der Waals surface area contributed by atoms with E-state index >= 15 is 0 Å². The quantitative estimate of drug-likeness (QED) is 0.849. The molecule has 130 valence electrons. The molecule has 1 saturated heterocycles. The largest absolute Gasteiger partial charge is 0.370 e. The van der Waals surface area contributed by atoms with Crippen molar-refractivity contribution in [1.82, 2.24) is 25.1 Å². The topological polar surface area (TPSA) is 56.1 Å². The molecule has 1 saturated carbocycles. The summed E-state index contributed by atoms with van der Waals surface area (Å²) in [4.78, 5) is 3.76. The average Bonchev–Trinajstić information content (AvgIpc) is 3.34. The molecule has 2 aliphatic rings. The highest BCUT2D eigenvalue weighted by Gasteiger charge is 2.30. The van der Waals surface area contributed by atoms with E-state index in [1.165, 1.54) is 37.0 Å². The van der Waals surface area contributed by atoms with Crippen LogP contribution in [-0.4, -0.2) is 44.8 Å². The van der Waals surface area contributed by atoms with Crippen LogP contribution in [0, 0.1) is 0 Å². The molecule has 1 aliphatic carbocycles. The first kappa shape index (κ1) is 16.2. The molecule has 0 N–H and O–H groups in total. The van der Waals surface area contributed by atoms with E-state index < -0.39 is 0 Å². The van der Waals surface area contributed by atoms with Crippen LogP contribution in [-0.2, 0) is 4.74 Å². The highest BCUT2D eigenvalue weighted by Crippen LogP contribution is 2.33. The van der Waals surface area contributed by atoms with Crippen molar-refractivity contribution >= 4 is 11.3 Å². The van der Waals surface area contributed by atoms with E-state index in [0.717, 1.165) is 25.5 Å². The Bertz CT molecular complexity index is 637. The standard InChI is InChI=1S/C17H25N5OS/c1-13(17-18-19-20-22(17)14-6-3-2-4-7-14)21-9-10-23-15(12-21)16-8-5-11-24-16/h5,8,11,13-15H,2-4,6-7,9-10,12H2,1H3. The van der Waals surface area contributed by atoms with Crippen LogP contribution in [0.5, 0.6) is 0 Å². The van der Waals surface area contributed by atoms with Crippen molar-refractivity contribution in [2.75, 3.05) is 19.7 Å². The first-order chi connectivity index (χ1) is 11.8. The molecular formula is C17H25N5OS. The number of ether oxygens (including phenoxy) is 1. The number of hydrogen-bond acceptors (Lipinski definition) is 6. The number of thiophene rings is 1. The van der Waals surface area contributed by atoms with Gasteiger partial charge >= 0.3 is 0 Å². The van der Waals surface area contributed by atoms with Gasteiger partial charge in [0.1, 0.15) is 6.10 Å². The average molecular weight is 347 g/mol. The van der Waals surface area contributed by atoms with Crippen LogP contribution >= 0.6 is 11.3 Å². The Balaban J connectivity index is 1.49. The Morgan fingerprint density at radius 1 is 1.29 bits per heavy atom. The second-order valence-electron chi connectivity index (χ2n) is 6.82. The summed E-state index contributed by atoms with van der Waals surface area (Å²) in [5.41, 5.74) is 0. The van der Waals surface area contributed by atoms with E-state index in [0.29, 0.717) is 6.04 Å². The van der Waals surface area contributed by atoms with Gasteiger partial charge in [0.15, 0.2) is 5.82 Å². The van der Waals surface area contributed by atoms with Gasteiger partial charge in [-0.25, -0.2) is 4.68 Å². The minimum absolute atomic E-state index is 0.167. The number of aromatic nitrogens is 4. The van der Waals surface area contributed by atoms with E-state index in [1.807, 2.05) is 0 Å². The monoisotopic (exact) mass is 347 g/mol. The van der Waals surface area contributed by atoms with Crippen molar-refractivity contribution in [3.8, 4) is 0 Å². The van der Waals surface area contributed by atoms with Crippen molar-refractivity contribution in [1.29, 1.82) is 0 Å². The number of tetrazole rings is 1. The SMILES string of the molecule is CC(c1nnnn1C1CCCCC1)N1CCOC(c2cccs2)C1. The van der Waals surface area contributed by atoms with Crippen LogP contribution in [0.2, 0.25) is 0 Å². The molecule has 0 spiro atoms. The summed E-state index contributed by atoms with van der Waals surface area (Å²) in [5, 5.41) is 14.8. The lowest BCUT2D eigenvalue weighted by molar-refractivity contribution is -0.0433. The molecule has 3 heterocycles. The lowest BCUT2D eigenvalue weighted by Crippen LogP contribution is -2.40. The molecule has 0 aromatic carbocycles. The summed E-state index contributed by atoms with van der Waals surface area (Å²) < 4.78 is 8.07. The summed E-state index contributed by atoms with van der Waals surface area (Å²) in [6.45, 7) is 4.82.